The molecule has 3 heterocycles. The number of amides is 2. The quantitative estimate of drug-likeness (QED) is 0.794. The molecule has 7 nitrogen and oxygen atoms in total. The summed E-state index contributed by atoms with van der Waals surface area (Å²) in [4.78, 5) is 30.6. The van der Waals surface area contributed by atoms with E-state index in [-0.39, 0.29) is 17.5 Å². The van der Waals surface area contributed by atoms with E-state index in [1.165, 1.54) is 0 Å². The van der Waals surface area contributed by atoms with Crippen LogP contribution in [-0.4, -0.2) is 56.6 Å². The van der Waals surface area contributed by atoms with Gasteiger partial charge in [0.1, 0.15) is 11.5 Å². The Balaban J connectivity index is 1.56. The SMILES string of the molecule is CCCN1C(=O)N2C[C@@H](C(C)CC)N=C2c2[nH]c(C34CCC(O)(CC3)CC4)nc21. The van der Waals surface area contributed by atoms with Crippen molar-refractivity contribution < 1.29 is 9.90 Å². The Bertz CT molecular complexity index is 835. The van der Waals surface area contributed by atoms with Crippen LogP contribution in [0.1, 0.15) is 83.7 Å². The molecule has 0 radical (unpaired) electrons. The lowest BCUT2D eigenvalue weighted by Gasteiger charge is -2.49. The number of imidazole rings is 1. The molecule has 5 aliphatic rings. The molecule has 2 N–H and O–H groups in total. The van der Waals surface area contributed by atoms with Gasteiger partial charge in [0.15, 0.2) is 11.7 Å². The van der Waals surface area contributed by atoms with Gasteiger partial charge in [0, 0.05) is 12.0 Å². The molecule has 2 atom stereocenters. The number of fused-ring (bicyclic) bond motifs is 6. The molecule has 6 rings (SSSR count). The van der Waals surface area contributed by atoms with Crippen molar-refractivity contribution in [2.75, 3.05) is 18.0 Å². The Morgan fingerprint density at radius 2 is 1.90 bits per heavy atom. The minimum absolute atomic E-state index is 0.00284. The van der Waals surface area contributed by atoms with Gasteiger partial charge < -0.3 is 10.1 Å². The number of aromatic amines is 1. The van der Waals surface area contributed by atoms with Gasteiger partial charge in [0.05, 0.1) is 18.2 Å². The van der Waals surface area contributed by atoms with Crippen molar-refractivity contribution in [1.82, 2.24) is 14.9 Å². The highest BCUT2D eigenvalue weighted by Crippen LogP contribution is 2.53. The van der Waals surface area contributed by atoms with Crippen LogP contribution >= 0.6 is 0 Å². The number of aliphatic hydroxyl groups is 1. The third-order valence-corrected chi connectivity index (χ3v) is 8.00. The molecule has 29 heavy (non-hydrogen) atoms. The normalized spacial score (nSPS) is 34.3. The Kier molecular flexibility index (Phi) is 4.32. The van der Waals surface area contributed by atoms with Crippen molar-refractivity contribution in [3.63, 3.8) is 0 Å². The van der Waals surface area contributed by atoms with Crippen LogP contribution in [0.15, 0.2) is 4.99 Å². The number of carbonyl (C=O) groups is 1. The minimum atomic E-state index is -0.464. The molecule has 3 saturated carbocycles. The van der Waals surface area contributed by atoms with E-state index in [1.807, 2.05) is 9.80 Å². The monoisotopic (exact) mass is 399 g/mol. The van der Waals surface area contributed by atoms with Gasteiger partial charge in [-0.15, -0.1) is 0 Å². The van der Waals surface area contributed by atoms with Gasteiger partial charge in [-0.25, -0.2) is 9.78 Å². The summed E-state index contributed by atoms with van der Waals surface area (Å²) < 4.78 is 0. The van der Waals surface area contributed by atoms with Crippen LogP contribution in [0.4, 0.5) is 10.6 Å². The number of nitrogens with one attached hydrogen (secondary N) is 1. The first-order chi connectivity index (χ1) is 13.9. The summed E-state index contributed by atoms with van der Waals surface area (Å²) in [5.41, 5.74) is 0.455. The predicted molar refractivity (Wildman–Crippen MR) is 112 cm³/mol. The number of aromatic nitrogens is 2. The van der Waals surface area contributed by atoms with Crippen LogP contribution in [0.2, 0.25) is 0 Å². The highest BCUT2D eigenvalue weighted by Gasteiger charge is 2.51. The summed E-state index contributed by atoms with van der Waals surface area (Å²) in [5.74, 6) is 2.97. The molecule has 3 fully saturated rings. The van der Waals surface area contributed by atoms with E-state index in [1.54, 1.807) is 0 Å². The van der Waals surface area contributed by atoms with Gasteiger partial charge in [-0.2, -0.15) is 0 Å². The van der Waals surface area contributed by atoms with Crippen molar-refractivity contribution in [2.24, 2.45) is 10.9 Å². The lowest BCUT2D eigenvalue weighted by molar-refractivity contribution is -0.0678. The van der Waals surface area contributed by atoms with Crippen LogP contribution in [-0.2, 0) is 5.41 Å². The number of rotatable bonds is 5. The summed E-state index contributed by atoms with van der Waals surface area (Å²) in [5, 5.41) is 10.6. The average Bonchev–Trinajstić information content (AvgIpc) is 3.37. The van der Waals surface area contributed by atoms with Gasteiger partial charge in [-0.1, -0.05) is 27.2 Å². The maximum absolute atomic E-state index is 13.3. The van der Waals surface area contributed by atoms with E-state index in [9.17, 15) is 9.90 Å². The molecule has 0 spiro atoms. The standard InChI is InChI=1S/C22H33N5O2/c1-4-12-26-18-16(17-23-15(14(3)5-2)13-27(17)20(26)28)24-19(25-18)21-6-9-22(29,10-7-21)11-8-21/h14-15,29H,4-13H2,1-3H3,(H,24,25)/t14?,15-,21?,22?/m0/s1. The van der Waals surface area contributed by atoms with E-state index in [0.29, 0.717) is 19.0 Å². The second-order valence-electron chi connectivity index (χ2n) is 9.74. The Labute approximate surface area is 172 Å². The minimum Gasteiger partial charge on any atom is -0.390 e. The fourth-order valence-electron chi connectivity index (χ4n) is 5.64. The fourth-order valence-corrected chi connectivity index (χ4v) is 5.64. The van der Waals surface area contributed by atoms with Gasteiger partial charge in [-0.05, 0) is 50.9 Å². The number of urea groups is 1. The van der Waals surface area contributed by atoms with Crippen molar-refractivity contribution in [3.8, 4) is 0 Å². The summed E-state index contributed by atoms with van der Waals surface area (Å²) in [7, 11) is 0. The number of nitrogens with zero attached hydrogens (tertiary/aromatic N) is 4. The Morgan fingerprint density at radius 3 is 2.52 bits per heavy atom. The van der Waals surface area contributed by atoms with Gasteiger partial charge in [0.25, 0.3) is 0 Å². The number of amidine groups is 1. The van der Waals surface area contributed by atoms with Crippen molar-refractivity contribution in [3.05, 3.63) is 11.5 Å². The number of aliphatic imine (C=N–C) groups is 1. The van der Waals surface area contributed by atoms with Crippen LogP contribution in [0.25, 0.3) is 0 Å². The van der Waals surface area contributed by atoms with Crippen molar-refractivity contribution in [1.29, 1.82) is 0 Å². The summed E-state index contributed by atoms with van der Waals surface area (Å²) in [6.07, 6.45) is 7.36. The number of carbonyl (C=O) groups excluding carboxylic acids is 1. The molecule has 0 saturated heterocycles. The third kappa shape index (κ3) is 2.76. The topological polar surface area (TPSA) is 84.8 Å². The molecule has 158 valence electrons. The first-order valence-corrected chi connectivity index (χ1v) is 11.4. The maximum atomic E-state index is 13.3. The second-order valence-corrected chi connectivity index (χ2v) is 9.74. The number of hydrogen-bond donors (Lipinski definition) is 2. The zero-order valence-electron chi connectivity index (χ0n) is 17.9. The zero-order valence-corrected chi connectivity index (χ0v) is 17.9. The fraction of sp³-hybridized carbons (Fsp3) is 0.773. The van der Waals surface area contributed by atoms with Crippen LogP contribution in [0.3, 0.4) is 0 Å². The van der Waals surface area contributed by atoms with Crippen LogP contribution < -0.4 is 4.90 Å². The highest BCUT2D eigenvalue weighted by molar-refractivity contribution is 6.18. The molecular weight excluding hydrogens is 366 g/mol. The lowest BCUT2D eigenvalue weighted by Crippen LogP contribution is -2.50. The predicted octanol–water partition coefficient (Wildman–Crippen LogP) is 3.57. The summed E-state index contributed by atoms with van der Waals surface area (Å²) in [6.45, 7) is 7.82. The molecular formula is C22H33N5O2. The molecule has 2 aliphatic heterocycles. The van der Waals surface area contributed by atoms with Crippen molar-refractivity contribution >= 4 is 17.7 Å². The Morgan fingerprint density at radius 1 is 1.21 bits per heavy atom. The first-order valence-electron chi connectivity index (χ1n) is 11.4. The van der Waals surface area contributed by atoms with Crippen LogP contribution in [0.5, 0.6) is 0 Å². The molecule has 1 unspecified atom stereocenters. The zero-order chi connectivity index (χ0) is 20.4. The third-order valence-electron chi connectivity index (χ3n) is 8.00. The van der Waals surface area contributed by atoms with E-state index >= 15 is 0 Å². The molecule has 2 amide bonds. The average molecular weight is 400 g/mol. The highest BCUT2D eigenvalue weighted by atomic mass is 16.3. The van der Waals surface area contributed by atoms with Gasteiger partial charge in [-0.3, -0.25) is 14.8 Å². The molecule has 1 aromatic rings. The molecule has 1 aromatic heterocycles. The molecule has 7 heteroatoms. The summed E-state index contributed by atoms with van der Waals surface area (Å²) >= 11 is 0. The molecule has 3 aliphatic carbocycles. The van der Waals surface area contributed by atoms with Gasteiger partial charge in [0.2, 0.25) is 0 Å². The lowest BCUT2D eigenvalue weighted by atomic mass is 9.58. The van der Waals surface area contributed by atoms with E-state index in [0.717, 1.165) is 74.5 Å². The van der Waals surface area contributed by atoms with E-state index in [2.05, 4.69) is 25.8 Å². The van der Waals surface area contributed by atoms with E-state index < -0.39 is 5.60 Å². The second kappa shape index (κ2) is 6.56. The smallest absolute Gasteiger partial charge is 0.331 e. The van der Waals surface area contributed by atoms with Crippen LogP contribution in [0, 0.1) is 5.92 Å². The molecule has 2 bridgehead atoms. The Hall–Kier alpha value is -1.89. The van der Waals surface area contributed by atoms with E-state index in [4.69, 9.17) is 9.98 Å². The van der Waals surface area contributed by atoms with Gasteiger partial charge >= 0.3 is 6.03 Å². The molecule has 0 aromatic carbocycles. The summed E-state index contributed by atoms with van der Waals surface area (Å²) in [6, 6.07) is 0.166. The number of hydrogen-bond acceptors (Lipinski definition) is 4. The van der Waals surface area contributed by atoms with Crippen molar-refractivity contribution in [2.45, 2.75) is 89.2 Å². The number of H-pyrrole nitrogens is 1. The number of anilines is 1. The first kappa shape index (κ1) is 19.1. The maximum Gasteiger partial charge on any atom is 0.331 e. The largest absolute Gasteiger partial charge is 0.390 e.